The van der Waals surface area contributed by atoms with Crippen molar-refractivity contribution >= 4 is 28.2 Å². The Morgan fingerprint density at radius 2 is 2.14 bits per heavy atom. The Hall–Kier alpha value is -0.610. The molecule has 1 aromatic heterocycles. The average molecular weight is 232 g/mol. The molecule has 1 heterocycles. The summed E-state index contributed by atoms with van der Waals surface area (Å²) in [6.45, 7) is 0. The van der Waals surface area contributed by atoms with E-state index in [-0.39, 0.29) is 5.69 Å². The van der Waals surface area contributed by atoms with Crippen LogP contribution in [0.3, 0.4) is 0 Å². The maximum absolute atomic E-state index is 9.67. The predicted molar refractivity (Wildman–Crippen MR) is 53.8 cm³/mol. The second-order valence-electron chi connectivity index (χ2n) is 3.04. The molecule has 1 aliphatic rings. The van der Waals surface area contributed by atoms with Gasteiger partial charge in [-0.25, -0.2) is 0 Å². The first-order valence-corrected chi connectivity index (χ1v) is 4.77. The van der Waals surface area contributed by atoms with E-state index >= 15 is 0 Å². The van der Waals surface area contributed by atoms with Crippen molar-refractivity contribution < 1.29 is 10.2 Å². The van der Waals surface area contributed by atoms with Crippen LogP contribution in [-0.4, -0.2) is 20.6 Å². The molecule has 0 aliphatic heterocycles. The first kappa shape index (κ1) is 9.93. The lowest BCUT2D eigenvalue weighted by molar-refractivity contribution is -0.167. The normalized spacial score (nSPS) is 24.0. The van der Waals surface area contributed by atoms with Gasteiger partial charge < -0.3 is 10.2 Å². The zero-order chi connectivity index (χ0) is 10.3. The van der Waals surface area contributed by atoms with Gasteiger partial charge in [-0.05, 0) is 18.2 Å². The van der Waals surface area contributed by atoms with Crippen molar-refractivity contribution in [2.24, 2.45) is 0 Å². The second-order valence-corrected chi connectivity index (χ2v) is 3.92. The number of hydrogen-bond acceptors (Lipinski definition) is 3. The highest BCUT2D eigenvalue weighted by Gasteiger charge is 2.41. The lowest BCUT2D eigenvalue weighted by atomic mass is 9.96. The SMILES string of the molecule is OC1(O)c2ncccc2C(Cl)=CC1Cl. The van der Waals surface area contributed by atoms with Crippen LogP contribution in [0.5, 0.6) is 0 Å². The summed E-state index contributed by atoms with van der Waals surface area (Å²) in [6.07, 6.45) is 2.84. The molecule has 5 heteroatoms. The second kappa shape index (κ2) is 3.21. The molecule has 1 aromatic rings. The first-order valence-electron chi connectivity index (χ1n) is 3.95. The maximum atomic E-state index is 9.67. The van der Waals surface area contributed by atoms with E-state index in [1.54, 1.807) is 12.1 Å². The number of aromatic nitrogens is 1. The van der Waals surface area contributed by atoms with Crippen LogP contribution in [0.1, 0.15) is 11.3 Å². The number of pyridine rings is 1. The zero-order valence-corrected chi connectivity index (χ0v) is 8.50. The quantitative estimate of drug-likeness (QED) is 0.525. The highest BCUT2D eigenvalue weighted by atomic mass is 35.5. The molecule has 0 bridgehead atoms. The van der Waals surface area contributed by atoms with Crippen LogP contribution in [0.2, 0.25) is 0 Å². The van der Waals surface area contributed by atoms with Crippen LogP contribution in [0, 0.1) is 0 Å². The molecule has 2 rings (SSSR count). The Morgan fingerprint density at radius 1 is 1.43 bits per heavy atom. The summed E-state index contributed by atoms with van der Waals surface area (Å²) in [5.74, 6) is -2.16. The molecule has 0 radical (unpaired) electrons. The molecule has 74 valence electrons. The van der Waals surface area contributed by atoms with Crippen LogP contribution < -0.4 is 0 Å². The third-order valence-electron chi connectivity index (χ3n) is 2.09. The summed E-state index contributed by atoms with van der Waals surface area (Å²) >= 11 is 11.6. The van der Waals surface area contributed by atoms with Gasteiger partial charge in [0.25, 0.3) is 0 Å². The maximum Gasteiger partial charge on any atom is 0.228 e. The number of hydrogen-bond donors (Lipinski definition) is 2. The third-order valence-corrected chi connectivity index (χ3v) is 2.85. The fourth-order valence-corrected chi connectivity index (χ4v) is 1.93. The Labute approximate surface area is 90.6 Å². The van der Waals surface area contributed by atoms with Gasteiger partial charge in [-0.3, -0.25) is 4.98 Å². The van der Waals surface area contributed by atoms with Crippen molar-refractivity contribution in [3.05, 3.63) is 35.7 Å². The minimum atomic E-state index is -2.16. The summed E-state index contributed by atoms with van der Waals surface area (Å²) < 4.78 is 0. The van der Waals surface area contributed by atoms with E-state index in [0.29, 0.717) is 10.6 Å². The van der Waals surface area contributed by atoms with E-state index in [9.17, 15) is 10.2 Å². The van der Waals surface area contributed by atoms with Gasteiger partial charge in [0, 0.05) is 16.8 Å². The lowest BCUT2D eigenvalue weighted by Crippen LogP contribution is -2.38. The number of aliphatic hydroxyl groups is 2. The van der Waals surface area contributed by atoms with E-state index in [1.807, 2.05) is 0 Å². The molecule has 1 aliphatic carbocycles. The van der Waals surface area contributed by atoms with Gasteiger partial charge in [0.2, 0.25) is 5.79 Å². The average Bonchev–Trinajstić information content (AvgIpc) is 2.16. The van der Waals surface area contributed by atoms with Gasteiger partial charge in [-0.15, -0.1) is 11.6 Å². The minimum absolute atomic E-state index is 0.0903. The molecule has 1 atom stereocenters. The fourth-order valence-electron chi connectivity index (χ4n) is 1.36. The van der Waals surface area contributed by atoms with Gasteiger partial charge in [0.05, 0.1) is 0 Å². The van der Waals surface area contributed by atoms with E-state index in [2.05, 4.69) is 4.98 Å². The molecule has 1 unspecified atom stereocenters. The summed E-state index contributed by atoms with van der Waals surface area (Å²) in [5, 5.41) is 18.7. The largest absolute Gasteiger partial charge is 0.359 e. The smallest absolute Gasteiger partial charge is 0.228 e. The Morgan fingerprint density at radius 3 is 2.86 bits per heavy atom. The summed E-state index contributed by atoms with van der Waals surface area (Å²) in [7, 11) is 0. The van der Waals surface area contributed by atoms with Crippen LogP contribution in [0.4, 0.5) is 0 Å². The van der Waals surface area contributed by atoms with Crippen LogP contribution in [0.25, 0.3) is 5.03 Å². The zero-order valence-electron chi connectivity index (χ0n) is 6.98. The Bertz CT molecular complexity index is 404. The summed E-state index contributed by atoms with van der Waals surface area (Å²) in [5.41, 5.74) is 0.587. The van der Waals surface area contributed by atoms with E-state index in [0.717, 1.165) is 0 Å². The predicted octanol–water partition coefficient (Wildman–Crippen LogP) is 1.42. The van der Waals surface area contributed by atoms with Crippen molar-refractivity contribution in [1.29, 1.82) is 0 Å². The molecule has 0 saturated heterocycles. The van der Waals surface area contributed by atoms with Gasteiger partial charge in [0.15, 0.2) is 0 Å². The number of halogens is 2. The number of nitrogens with zero attached hydrogens (tertiary/aromatic N) is 1. The summed E-state index contributed by atoms with van der Waals surface area (Å²) in [4.78, 5) is 3.86. The van der Waals surface area contributed by atoms with Crippen LogP contribution >= 0.6 is 23.2 Å². The molecular weight excluding hydrogens is 225 g/mol. The summed E-state index contributed by atoms with van der Waals surface area (Å²) in [6, 6.07) is 3.32. The van der Waals surface area contributed by atoms with Crippen LogP contribution in [-0.2, 0) is 5.79 Å². The number of fused-ring (bicyclic) bond motifs is 1. The van der Waals surface area contributed by atoms with Crippen molar-refractivity contribution in [2.75, 3.05) is 0 Å². The van der Waals surface area contributed by atoms with Crippen LogP contribution in [0.15, 0.2) is 24.4 Å². The van der Waals surface area contributed by atoms with Crippen molar-refractivity contribution in [3.8, 4) is 0 Å². The van der Waals surface area contributed by atoms with E-state index in [4.69, 9.17) is 23.2 Å². The van der Waals surface area contributed by atoms with Gasteiger partial charge >= 0.3 is 0 Å². The minimum Gasteiger partial charge on any atom is -0.359 e. The van der Waals surface area contributed by atoms with Gasteiger partial charge in [-0.2, -0.15) is 0 Å². The molecule has 14 heavy (non-hydrogen) atoms. The Balaban J connectivity index is 2.67. The third kappa shape index (κ3) is 1.33. The standard InChI is InChI=1S/C9H7Cl2NO2/c10-6-4-7(11)9(13,14)8-5(6)2-1-3-12-8/h1-4,7,13-14H. The fraction of sp³-hybridized carbons (Fsp3) is 0.222. The molecule has 0 spiro atoms. The topological polar surface area (TPSA) is 53.4 Å². The van der Waals surface area contributed by atoms with Crippen molar-refractivity contribution in [1.82, 2.24) is 4.98 Å². The van der Waals surface area contributed by atoms with E-state index < -0.39 is 11.2 Å². The molecular formula is C9H7Cl2NO2. The van der Waals surface area contributed by atoms with Crippen molar-refractivity contribution in [3.63, 3.8) is 0 Å². The Kier molecular flexibility index (Phi) is 2.27. The molecule has 0 fully saturated rings. The number of alkyl halides is 1. The highest BCUT2D eigenvalue weighted by molar-refractivity contribution is 6.49. The van der Waals surface area contributed by atoms with Crippen molar-refractivity contribution in [2.45, 2.75) is 11.2 Å². The molecule has 0 aromatic carbocycles. The lowest BCUT2D eigenvalue weighted by Gasteiger charge is -2.29. The van der Waals surface area contributed by atoms with Gasteiger partial charge in [0.1, 0.15) is 11.1 Å². The van der Waals surface area contributed by atoms with Gasteiger partial charge in [-0.1, -0.05) is 11.6 Å². The monoisotopic (exact) mass is 231 g/mol. The molecule has 2 N–H and O–H groups in total. The molecule has 3 nitrogen and oxygen atoms in total. The van der Waals surface area contributed by atoms with E-state index in [1.165, 1.54) is 12.3 Å². The highest BCUT2D eigenvalue weighted by Crippen LogP contribution is 2.38. The first-order chi connectivity index (χ1) is 6.53. The molecule has 0 saturated carbocycles. The number of rotatable bonds is 0. The molecule has 0 amide bonds.